The molecule has 1 aromatic carbocycles. The molecule has 0 saturated carbocycles. The summed E-state index contributed by atoms with van der Waals surface area (Å²) >= 11 is 0. The molecule has 2 N–H and O–H groups in total. The minimum atomic E-state index is -0.549. The van der Waals surface area contributed by atoms with E-state index in [9.17, 15) is 5.11 Å². The van der Waals surface area contributed by atoms with Gasteiger partial charge in [0, 0.05) is 6.61 Å². The number of aromatic nitrogens is 1. The van der Waals surface area contributed by atoms with E-state index < -0.39 is 6.10 Å². The fourth-order valence-electron chi connectivity index (χ4n) is 1.53. The van der Waals surface area contributed by atoms with Gasteiger partial charge in [0.1, 0.15) is 5.52 Å². The van der Waals surface area contributed by atoms with Crippen LogP contribution in [-0.4, -0.2) is 21.8 Å². The van der Waals surface area contributed by atoms with Crippen molar-refractivity contribution in [3.63, 3.8) is 0 Å². The van der Waals surface area contributed by atoms with Crippen LogP contribution in [0.2, 0.25) is 0 Å². The van der Waals surface area contributed by atoms with Crippen LogP contribution in [0, 0.1) is 0 Å². The van der Waals surface area contributed by atoms with Crippen molar-refractivity contribution in [2.24, 2.45) is 0 Å². The Hall–Kier alpha value is -1.39. The number of oxazole rings is 1. The molecule has 1 atom stereocenters. The van der Waals surface area contributed by atoms with Gasteiger partial charge in [0.05, 0.1) is 6.10 Å². The van der Waals surface area contributed by atoms with Crippen LogP contribution in [0.5, 0.6) is 0 Å². The first-order valence-corrected chi connectivity index (χ1v) is 4.93. The predicted molar refractivity (Wildman–Crippen MR) is 55.3 cm³/mol. The van der Waals surface area contributed by atoms with Crippen molar-refractivity contribution in [1.82, 2.24) is 4.98 Å². The van der Waals surface area contributed by atoms with Gasteiger partial charge in [-0.2, -0.15) is 0 Å². The molecule has 0 aliphatic rings. The second-order valence-electron chi connectivity index (χ2n) is 3.46. The molecule has 2 rings (SSSR count). The maximum atomic E-state index is 9.78. The molecule has 0 bridgehead atoms. The third kappa shape index (κ3) is 2.16. The SMILES string of the molecule is OCCCC(O)c1ccc2ncoc2c1. The lowest BCUT2D eigenvalue weighted by Crippen LogP contribution is -1.98. The molecule has 0 aliphatic heterocycles. The van der Waals surface area contributed by atoms with Crippen LogP contribution in [0.3, 0.4) is 0 Å². The summed E-state index contributed by atoms with van der Waals surface area (Å²) in [4.78, 5) is 3.99. The zero-order chi connectivity index (χ0) is 10.7. The summed E-state index contributed by atoms with van der Waals surface area (Å²) in [5.41, 5.74) is 2.26. The number of hydrogen-bond donors (Lipinski definition) is 2. The smallest absolute Gasteiger partial charge is 0.181 e. The van der Waals surface area contributed by atoms with Crippen molar-refractivity contribution in [2.75, 3.05) is 6.61 Å². The Morgan fingerprint density at radius 1 is 1.40 bits per heavy atom. The molecule has 0 spiro atoms. The van der Waals surface area contributed by atoms with E-state index >= 15 is 0 Å². The Labute approximate surface area is 87.2 Å². The monoisotopic (exact) mass is 207 g/mol. The van der Waals surface area contributed by atoms with Crippen molar-refractivity contribution in [2.45, 2.75) is 18.9 Å². The molecule has 4 nitrogen and oxygen atoms in total. The third-order valence-electron chi connectivity index (χ3n) is 2.38. The van der Waals surface area contributed by atoms with Crippen LogP contribution < -0.4 is 0 Å². The first-order valence-electron chi connectivity index (χ1n) is 4.93. The lowest BCUT2D eigenvalue weighted by Gasteiger charge is -2.09. The highest BCUT2D eigenvalue weighted by Gasteiger charge is 2.08. The first kappa shape index (κ1) is 10.1. The van der Waals surface area contributed by atoms with Crippen LogP contribution in [-0.2, 0) is 0 Å². The fourth-order valence-corrected chi connectivity index (χ4v) is 1.53. The fraction of sp³-hybridized carbons (Fsp3) is 0.364. The molecule has 80 valence electrons. The van der Waals surface area contributed by atoms with Gasteiger partial charge in [-0.25, -0.2) is 4.98 Å². The first-order chi connectivity index (χ1) is 7.31. The van der Waals surface area contributed by atoms with E-state index in [1.807, 2.05) is 12.1 Å². The Morgan fingerprint density at radius 3 is 3.07 bits per heavy atom. The summed E-state index contributed by atoms with van der Waals surface area (Å²) in [6.07, 6.45) is 1.98. The molecule has 0 amide bonds. The summed E-state index contributed by atoms with van der Waals surface area (Å²) in [5.74, 6) is 0. The van der Waals surface area contributed by atoms with Gasteiger partial charge in [-0.15, -0.1) is 0 Å². The molecule has 1 unspecified atom stereocenters. The summed E-state index contributed by atoms with van der Waals surface area (Å²) < 4.78 is 5.14. The summed E-state index contributed by atoms with van der Waals surface area (Å²) in [6.45, 7) is 0.0988. The van der Waals surface area contributed by atoms with Crippen molar-refractivity contribution in [3.05, 3.63) is 30.2 Å². The predicted octanol–water partition coefficient (Wildman–Crippen LogP) is 1.63. The van der Waals surface area contributed by atoms with Crippen LogP contribution in [0.15, 0.2) is 29.0 Å². The average Bonchev–Trinajstić information content (AvgIpc) is 2.72. The zero-order valence-electron chi connectivity index (χ0n) is 8.26. The van der Waals surface area contributed by atoms with E-state index in [0.717, 1.165) is 11.1 Å². The molecular formula is C11H13NO3. The van der Waals surface area contributed by atoms with Gasteiger partial charge in [0.25, 0.3) is 0 Å². The van der Waals surface area contributed by atoms with Crippen molar-refractivity contribution in [1.29, 1.82) is 0 Å². The maximum Gasteiger partial charge on any atom is 0.181 e. The molecule has 0 aliphatic carbocycles. The highest BCUT2D eigenvalue weighted by Crippen LogP contribution is 2.22. The number of aliphatic hydroxyl groups excluding tert-OH is 2. The van der Waals surface area contributed by atoms with Gasteiger partial charge < -0.3 is 14.6 Å². The number of hydrogen-bond acceptors (Lipinski definition) is 4. The van der Waals surface area contributed by atoms with Crippen molar-refractivity contribution < 1.29 is 14.6 Å². The minimum absolute atomic E-state index is 0.0988. The van der Waals surface area contributed by atoms with E-state index in [0.29, 0.717) is 18.4 Å². The van der Waals surface area contributed by atoms with Gasteiger partial charge in [-0.05, 0) is 30.5 Å². The molecule has 15 heavy (non-hydrogen) atoms. The summed E-state index contributed by atoms with van der Waals surface area (Å²) in [6, 6.07) is 5.42. The van der Waals surface area contributed by atoms with Crippen LogP contribution >= 0.6 is 0 Å². The Bertz CT molecular complexity index is 438. The molecule has 1 heterocycles. The molecule has 0 radical (unpaired) electrons. The van der Waals surface area contributed by atoms with Gasteiger partial charge >= 0.3 is 0 Å². The van der Waals surface area contributed by atoms with E-state index in [2.05, 4.69) is 4.98 Å². The summed E-state index contributed by atoms with van der Waals surface area (Å²) in [5, 5.41) is 18.4. The van der Waals surface area contributed by atoms with E-state index in [1.54, 1.807) is 6.07 Å². The number of benzene rings is 1. The molecule has 1 aromatic heterocycles. The van der Waals surface area contributed by atoms with E-state index in [4.69, 9.17) is 9.52 Å². The second kappa shape index (κ2) is 4.42. The quantitative estimate of drug-likeness (QED) is 0.799. The van der Waals surface area contributed by atoms with E-state index in [-0.39, 0.29) is 6.61 Å². The standard InChI is InChI=1S/C11H13NO3/c13-5-1-2-10(14)8-3-4-9-11(6-8)15-7-12-9/h3-4,6-7,10,13-14H,1-2,5H2. The van der Waals surface area contributed by atoms with Gasteiger partial charge in [-0.1, -0.05) is 6.07 Å². The van der Waals surface area contributed by atoms with Gasteiger partial charge in [0.15, 0.2) is 12.0 Å². The molecule has 2 aromatic rings. The Morgan fingerprint density at radius 2 is 2.27 bits per heavy atom. The minimum Gasteiger partial charge on any atom is -0.443 e. The normalized spacial score (nSPS) is 13.2. The molecule has 0 saturated heterocycles. The Balaban J connectivity index is 2.19. The van der Waals surface area contributed by atoms with Crippen LogP contribution in [0.25, 0.3) is 11.1 Å². The molecular weight excluding hydrogens is 194 g/mol. The van der Waals surface area contributed by atoms with E-state index in [1.165, 1.54) is 6.39 Å². The third-order valence-corrected chi connectivity index (χ3v) is 2.38. The van der Waals surface area contributed by atoms with Gasteiger partial charge in [-0.3, -0.25) is 0 Å². The number of aliphatic hydroxyl groups is 2. The topological polar surface area (TPSA) is 66.5 Å². The van der Waals surface area contributed by atoms with Crippen LogP contribution in [0.1, 0.15) is 24.5 Å². The highest BCUT2D eigenvalue weighted by atomic mass is 16.3. The van der Waals surface area contributed by atoms with Crippen molar-refractivity contribution in [3.8, 4) is 0 Å². The maximum absolute atomic E-state index is 9.78. The summed E-state index contributed by atoms with van der Waals surface area (Å²) in [7, 11) is 0. The number of nitrogens with zero attached hydrogens (tertiary/aromatic N) is 1. The van der Waals surface area contributed by atoms with Gasteiger partial charge in [0.2, 0.25) is 0 Å². The van der Waals surface area contributed by atoms with Crippen LogP contribution in [0.4, 0.5) is 0 Å². The largest absolute Gasteiger partial charge is 0.443 e. The lowest BCUT2D eigenvalue weighted by molar-refractivity contribution is 0.152. The second-order valence-corrected chi connectivity index (χ2v) is 3.46. The lowest BCUT2D eigenvalue weighted by atomic mass is 10.0. The number of rotatable bonds is 4. The number of fused-ring (bicyclic) bond motifs is 1. The van der Waals surface area contributed by atoms with Crippen molar-refractivity contribution >= 4 is 11.1 Å². The average molecular weight is 207 g/mol. The molecule has 0 fully saturated rings. The molecule has 4 heteroatoms. The Kier molecular flexibility index (Phi) is 2.99. The zero-order valence-corrected chi connectivity index (χ0v) is 8.26. The highest BCUT2D eigenvalue weighted by molar-refractivity contribution is 5.72.